The van der Waals surface area contributed by atoms with Crippen LogP contribution in [-0.4, -0.2) is 15.0 Å². The van der Waals surface area contributed by atoms with Gasteiger partial charge in [-0.1, -0.05) is 181 Å². The Bertz CT molecular complexity index is 3470. The van der Waals surface area contributed by atoms with Gasteiger partial charge in [0.05, 0.1) is 7.76 Å². The van der Waals surface area contributed by atoms with Crippen LogP contribution in [0.1, 0.15) is 2.74 Å². The Morgan fingerprint density at radius 3 is 1.90 bits per heavy atom. The summed E-state index contributed by atoms with van der Waals surface area (Å²) >= 11 is 6.83. The van der Waals surface area contributed by atoms with Gasteiger partial charge in [-0.25, -0.2) is 15.0 Å². The van der Waals surface area contributed by atoms with Crippen molar-refractivity contribution in [3.05, 3.63) is 199 Å². The van der Waals surface area contributed by atoms with Gasteiger partial charge in [-0.05, 0) is 73.6 Å². The van der Waals surface area contributed by atoms with Crippen LogP contribution in [0.5, 0.6) is 0 Å². The van der Waals surface area contributed by atoms with E-state index in [4.69, 9.17) is 32.3 Å². The number of para-hydroxylation sites is 1. The molecule has 5 heteroatoms. The van der Waals surface area contributed by atoms with Gasteiger partial charge in [0.25, 0.3) is 0 Å². The van der Waals surface area contributed by atoms with Crippen molar-refractivity contribution in [3.63, 3.8) is 0 Å². The van der Waals surface area contributed by atoms with E-state index in [0.29, 0.717) is 56.0 Å². The molecule has 0 bridgehead atoms. The van der Waals surface area contributed by atoms with E-state index in [1.165, 1.54) is 10.8 Å². The van der Waals surface area contributed by atoms with Gasteiger partial charge in [-0.15, -0.1) is 0 Å². The molecular weight excluding hydrogens is 730 g/mol. The molecule has 0 aliphatic heterocycles. The molecule has 0 radical (unpaired) electrons. The third-order valence-corrected chi connectivity index (χ3v) is 11.2. The fourth-order valence-corrected chi connectivity index (χ4v) is 8.36. The van der Waals surface area contributed by atoms with Crippen molar-refractivity contribution < 1.29 is 7.16 Å². The maximum atomic E-state index is 9.51. The summed E-state index contributed by atoms with van der Waals surface area (Å²) in [6.07, 6.45) is 0. The summed E-state index contributed by atoms with van der Waals surface area (Å²) in [5, 5.41) is 5.97. The fourth-order valence-electron chi connectivity index (χ4n) is 8.17. The first kappa shape index (κ1) is 31.8. The quantitative estimate of drug-likeness (QED) is 0.169. The topological polar surface area (TPSA) is 51.8 Å². The van der Waals surface area contributed by atoms with Gasteiger partial charge < -0.3 is 4.42 Å². The lowest BCUT2D eigenvalue weighted by atomic mass is 9.89. The molecule has 272 valence electrons. The van der Waals surface area contributed by atoms with Gasteiger partial charge in [-0.2, -0.15) is 0 Å². The van der Waals surface area contributed by atoms with Crippen molar-refractivity contribution in [1.29, 1.82) is 0 Å². The van der Waals surface area contributed by atoms with Crippen LogP contribution < -0.4 is 0 Å². The van der Waals surface area contributed by atoms with E-state index >= 15 is 0 Å². The molecule has 0 spiro atoms. The Morgan fingerprint density at radius 1 is 0.431 bits per heavy atom. The lowest BCUT2D eigenvalue weighted by molar-refractivity contribution is 0.669. The molecule has 0 saturated heterocycles. The smallest absolute Gasteiger partial charge is 0.164 e. The van der Waals surface area contributed by atoms with Gasteiger partial charge in [0, 0.05) is 33.0 Å². The van der Waals surface area contributed by atoms with Crippen LogP contribution in [0.25, 0.3) is 111 Å². The average Bonchev–Trinajstić information content (AvgIpc) is 3.68. The van der Waals surface area contributed by atoms with Crippen LogP contribution >= 0.6 is 11.6 Å². The SMILES string of the molecule is [2H]c1ccc2oc3c(Cl)cc([2H])c(-c4c(-c5nc(-c6ccccc6)nc(-c6ccc(-c7cccc8ccccc78)c(-c7ccccc7)c6)n5)ccc5ccccc45)c3c2c1. The second-order valence-corrected chi connectivity index (χ2v) is 14.7. The lowest BCUT2D eigenvalue weighted by Crippen LogP contribution is -2.02. The predicted octanol–water partition coefficient (Wildman–Crippen LogP) is 14.7. The second-order valence-electron chi connectivity index (χ2n) is 14.3. The number of fused-ring (bicyclic) bond motifs is 5. The first-order valence-electron chi connectivity index (χ1n) is 20.1. The highest BCUT2D eigenvalue weighted by Crippen LogP contribution is 2.46. The summed E-state index contributed by atoms with van der Waals surface area (Å²) in [5.74, 6) is 1.49. The van der Waals surface area contributed by atoms with Crippen molar-refractivity contribution in [3.8, 4) is 67.5 Å². The zero-order valence-electron chi connectivity index (χ0n) is 32.9. The number of hydrogen-bond donors (Lipinski definition) is 0. The van der Waals surface area contributed by atoms with Gasteiger partial charge in [0.2, 0.25) is 0 Å². The van der Waals surface area contributed by atoms with Crippen LogP contribution in [0, 0.1) is 0 Å². The molecule has 0 aliphatic rings. The van der Waals surface area contributed by atoms with Crippen LogP contribution in [0.3, 0.4) is 0 Å². The maximum Gasteiger partial charge on any atom is 0.164 e. The van der Waals surface area contributed by atoms with E-state index in [9.17, 15) is 1.37 Å². The standard InChI is InChI=1S/C53H32ClN3O/c54-46-31-30-43(49-42-23-11-12-25-47(42)58-50(46)49)48-39-22-10-8-17-35(39)26-29-44(48)53-56-51(36-18-5-2-6-19-36)55-52(57-53)37-27-28-41(45(32-37)34-14-3-1-4-15-34)40-24-13-20-33-16-7-9-21-38(33)40/h1-32H/i11D,30D. The summed E-state index contributed by atoms with van der Waals surface area (Å²) in [7, 11) is 0. The zero-order chi connectivity index (χ0) is 40.3. The van der Waals surface area contributed by atoms with Crippen molar-refractivity contribution in [2.24, 2.45) is 0 Å². The van der Waals surface area contributed by atoms with E-state index in [0.717, 1.165) is 55.3 Å². The minimum Gasteiger partial charge on any atom is -0.454 e. The summed E-state index contributed by atoms with van der Waals surface area (Å²) in [4.78, 5) is 15.7. The van der Waals surface area contributed by atoms with Crippen molar-refractivity contribution in [1.82, 2.24) is 15.0 Å². The number of rotatable bonds is 6. The highest BCUT2D eigenvalue weighted by Gasteiger charge is 2.23. The summed E-state index contributed by atoms with van der Waals surface area (Å²) in [6, 6.07) is 61.4. The Kier molecular flexibility index (Phi) is 7.65. The largest absolute Gasteiger partial charge is 0.454 e. The molecular formula is C53H32ClN3O. The highest BCUT2D eigenvalue weighted by atomic mass is 35.5. The number of benzene rings is 9. The van der Waals surface area contributed by atoms with E-state index < -0.39 is 0 Å². The first-order valence-corrected chi connectivity index (χ1v) is 19.5. The number of nitrogens with zero attached hydrogens (tertiary/aromatic N) is 3. The van der Waals surface area contributed by atoms with Gasteiger partial charge in [0.15, 0.2) is 23.1 Å². The van der Waals surface area contributed by atoms with Crippen LogP contribution in [0.2, 0.25) is 5.02 Å². The van der Waals surface area contributed by atoms with Gasteiger partial charge in [0.1, 0.15) is 5.58 Å². The molecule has 58 heavy (non-hydrogen) atoms. The van der Waals surface area contributed by atoms with E-state index in [1.807, 2.05) is 54.6 Å². The average molecular weight is 764 g/mol. The molecule has 9 aromatic carbocycles. The Labute approximate surface area is 342 Å². The lowest BCUT2D eigenvalue weighted by Gasteiger charge is -2.17. The van der Waals surface area contributed by atoms with Crippen LogP contribution in [0.4, 0.5) is 0 Å². The zero-order valence-corrected chi connectivity index (χ0v) is 31.7. The summed E-state index contributed by atoms with van der Waals surface area (Å²) < 4.78 is 24.4. The van der Waals surface area contributed by atoms with Crippen LogP contribution in [-0.2, 0) is 0 Å². The summed E-state index contributed by atoms with van der Waals surface area (Å²) in [6.45, 7) is 0. The van der Waals surface area contributed by atoms with Gasteiger partial charge >= 0.3 is 0 Å². The molecule has 0 unspecified atom stereocenters. The van der Waals surface area contributed by atoms with E-state index in [2.05, 4.69) is 103 Å². The number of halogens is 1. The monoisotopic (exact) mass is 763 g/mol. The molecule has 0 saturated carbocycles. The molecule has 0 N–H and O–H groups in total. The summed E-state index contributed by atoms with van der Waals surface area (Å²) in [5.41, 5.74) is 9.23. The number of furan rings is 1. The molecule has 0 aliphatic carbocycles. The molecule has 2 aromatic heterocycles. The highest BCUT2D eigenvalue weighted by molar-refractivity contribution is 6.37. The molecule has 0 atom stereocenters. The fraction of sp³-hybridized carbons (Fsp3) is 0. The third-order valence-electron chi connectivity index (χ3n) is 10.9. The molecule has 0 amide bonds. The number of aromatic nitrogens is 3. The van der Waals surface area contributed by atoms with Crippen molar-refractivity contribution in [2.75, 3.05) is 0 Å². The minimum atomic E-state index is 0.220. The second kappa shape index (κ2) is 14.0. The molecule has 4 nitrogen and oxygen atoms in total. The Hall–Kier alpha value is -7.40. The van der Waals surface area contributed by atoms with E-state index in [1.54, 1.807) is 24.3 Å². The third kappa shape index (κ3) is 5.73. The van der Waals surface area contributed by atoms with Crippen molar-refractivity contribution in [2.45, 2.75) is 0 Å². The molecule has 11 aromatic rings. The van der Waals surface area contributed by atoms with Crippen LogP contribution in [0.15, 0.2) is 198 Å². The predicted molar refractivity (Wildman–Crippen MR) is 240 cm³/mol. The normalized spacial score (nSPS) is 12.0. The Balaban J connectivity index is 1.20. The molecule has 11 rings (SSSR count). The van der Waals surface area contributed by atoms with Crippen molar-refractivity contribution >= 4 is 55.1 Å². The van der Waals surface area contributed by atoms with Gasteiger partial charge in [-0.3, -0.25) is 0 Å². The van der Waals surface area contributed by atoms with E-state index in [-0.39, 0.29) is 6.04 Å². The maximum absolute atomic E-state index is 9.51. The molecule has 0 fully saturated rings. The minimum absolute atomic E-state index is 0.220. The Morgan fingerprint density at radius 2 is 1.09 bits per heavy atom. The molecule has 2 heterocycles. The first-order chi connectivity index (χ1) is 29.5. The number of hydrogen-bond acceptors (Lipinski definition) is 4.